The quantitative estimate of drug-likeness (QED) is 0.820. The standard InChI is InChI=1S/C21H24N2O4/c24-20(25)18-10-12-23(13-11-18)21(26)22-14-16-6-8-19(9-7-16)27-15-17-4-2-1-3-5-17/h1-9,18H,10-15H2,(H,22,26)(H,24,25). The summed E-state index contributed by atoms with van der Waals surface area (Å²) in [6, 6.07) is 17.5. The van der Waals surface area contributed by atoms with Crippen LogP contribution in [0.4, 0.5) is 4.79 Å². The molecule has 142 valence electrons. The summed E-state index contributed by atoms with van der Waals surface area (Å²) in [6.07, 6.45) is 1.02. The molecule has 3 rings (SSSR count). The monoisotopic (exact) mass is 368 g/mol. The number of nitrogens with zero attached hydrogens (tertiary/aromatic N) is 1. The largest absolute Gasteiger partial charge is 0.489 e. The Morgan fingerprint density at radius 2 is 1.67 bits per heavy atom. The van der Waals surface area contributed by atoms with Crippen LogP contribution in [0.5, 0.6) is 5.75 Å². The molecule has 0 spiro atoms. The Labute approximate surface area is 158 Å². The van der Waals surface area contributed by atoms with Crippen molar-refractivity contribution in [2.24, 2.45) is 5.92 Å². The molecule has 2 aromatic carbocycles. The Morgan fingerprint density at radius 3 is 2.30 bits per heavy atom. The van der Waals surface area contributed by atoms with Crippen LogP contribution in [0, 0.1) is 5.92 Å². The second-order valence-electron chi connectivity index (χ2n) is 6.68. The molecule has 0 bridgehead atoms. The Hall–Kier alpha value is -3.02. The molecular formula is C21H24N2O4. The maximum atomic E-state index is 12.2. The molecule has 2 amide bonds. The average Bonchev–Trinajstić information content (AvgIpc) is 2.72. The van der Waals surface area contributed by atoms with Gasteiger partial charge in [0.05, 0.1) is 5.92 Å². The van der Waals surface area contributed by atoms with E-state index in [1.165, 1.54) is 0 Å². The number of carbonyl (C=O) groups is 2. The fraction of sp³-hybridized carbons (Fsp3) is 0.333. The van der Waals surface area contributed by atoms with E-state index in [1.54, 1.807) is 4.90 Å². The summed E-state index contributed by atoms with van der Waals surface area (Å²) in [5.74, 6) is -0.327. The zero-order valence-corrected chi connectivity index (χ0v) is 15.1. The van der Waals surface area contributed by atoms with Crippen LogP contribution in [0.15, 0.2) is 54.6 Å². The Morgan fingerprint density at radius 1 is 1.00 bits per heavy atom. The van der Waals surface area contributed by atoms with Gasteiger partial charge in [-0.3, -0.25) is 4.79 Å². The van der Waals surface area contributed by atoms with Crippen LogP contribution < -0.4 is 10.1 Å². The minimum absolute atomic E-state index is 0.150. The molecule has 0 atom stereocenters. The zero-order valence-electron chi connectivity index (χ0n) is 15.1. The van der Waals surface area contributed by atoms with Gasteiger partial charge in [0, 0.05) is 19.6 Å². The van der Waals surface area contributed by atoms with E-state index in [0.29, 0.717) is 39.1 Å². The molecule has 1 saturated heterocycles. The number of likely N-dealkylation sites (tertiary alicyclic amines) is 1. The van der Waals surface area contributed by atoms with E-state index in [-0.39, 0.29) is 11.9 Å². The number of piperidine rings is 1. The average molecular weight is 368 g/mol. The summed E-state index contributed by atoms with van der Waals surface area (Å²) in [4.78, 5) is 24.9. The second kappa shape index (κ2) is 9.07. The van der Waals surface area contributed by atoms with Crippen LogP contribution in [-0.4, -0.2) is 35.1 Å². The van der Waals surface area contributed by atoms with Gasteiger partial charge in [0.2, 0.25) is 0 Å². The van der Waals surface area contributed by atoms with Crippen LogP contribution in [0.1, 0.15) is 24.0 Å². The van der Waals surface area contributed by atoms with Crippen molar-refractivity contribution in [3.63, 3.8) is 0 Å². The lowest BCUT2D eigenvalue weighted by Gasteiger charge is -2.30. The lowest BCUT2D eigenvalue weighted by Crippen LogP contribution is -2.45. The van der Waals surface area contributed by atoms with Crippen molar-refractivity contribution in [1.82, 2.24) is 10.2 Å². The molecular weight excluding hydrogens is 344 g/mol. The molecule has 0 aromatic heterocycles. The first kappa shape index (κ1) is 18.8. The van der Waals surface area contributed by atoms with Crippen molar-refractivity contribution in [2.45, 2.75) is 26.0 Å². The van der Waals surface area contributed by atoms with Crippen molar-refractivity contribution in [3.05, 3.63) is 65.7 Å². The van der Waals surface area contributed by atoms with E-state index < -0.39 is 5.97 Å². The van der Waals surface area contributed by atoms with Gasteiger partial charge in [-0.1, -0.05) is 42.5 Å². The summed E-state index contributed by atoms with van der Waals surface area (Å²) < 4.78 is 5.75. The van der Waals surface area contributed by atoms with Gasteiger partial charge in [0.1, 0.15) is 12.4 Å². The van der Waals surface area contributed by atoms with Crippen LogP contribution in [0.2, 0.25) is 0 Å². The number of carboxylic acid groups (broad SMARTS) is 1. The minimum atomic E-state index is -0.773. The number of hydrogen-bond acceptors (Lipinski definition) is 3. The van der Waals surface area contributed by atoms with Gasteiger partial charge in [0.25, 0.3) is 0 Å². The molecule has 0 radical (unpaired) electrons. The van der Waals surface area contributed by atoms with Crippen molar-refractivity contribution >= 4 is 12.0 Å². The fourth-order valence-corrected chi connectivity index (χ4v) is 3.06. The molecule has 1 fully saturated rings. The highest BCUT2D eigenvalue weighted by molar-refractivity contribution is 5.75. The van der Waals surface area contributed by atoms with Gasteiger partial charge in [-0.15, -0.1) is 0 Å². The Bertz CT molecular complexity index is 754. The van der Waals surface area contributed by atoms with E-state index >= 15 is 0 Å². The number of ether oxygens (including phenoxy) is 1. The molecule has 2 aromatic rings. The molecule has 1 aliphatic heterocycles. The van der Waals surface area contributed by atoms with E-state index in [9.17, 15) is 9.59 Å². The van der Waals surface area contributed by atoms with Gasteiger partial charge in [-0.2, -0.15) is 0 Å². The number of amides is 2. The third-order valence-electron chi connectivity index (χ3n) is 4.75. The topological polar surface area (TPSA) is 78.9 Å². The highest BCUT2D eigenvalue weighted by Crippen LogP contribution is 2.18. The molecule has 2 N–H and O–H groups in total. The first-order valence-corrected chi connectivity index (χ1v) is 9.13. The SMILES string of the molecule is O=C(O)C1CCN(C(=O)NCc2ccc(OCc3ccccc3)cc2)CC1. The highest BCUT2D eigenvalue weighted by Gasteiger charge is 2.26. The predicted molar refractivity (Wildman–Crippen MR) is 101 cm³/mol. The van der Waals surface area contributed by atoms with Crippen molar-refractivity contribution in [2.75, 3.05) is 13.1 Å². The maximum absolute atomic E-state index is 12.2. The van der Waals surface area contributed by atoms with Crippen molar-refractivity contribution < 1.29 is 19.4 Å². The molecule has 6 nitrogen and oxygen atoms in total. The number of benzene rings is 2. The summed E-state index contributed by atoms with van der Waals surface area (Å²) in [5, 5.41) is 11.9. The molecule has 1 heterocycles. The van der Waals surface area contributed by atoms with Gasteiger partial charge >= 0.3 is 12.0 Å². The normalized spacial score (nSPS) is 14.6. The molecule has 27 heavy (non-hydrogen) atoms. The number of carbonyl (C=O) groups excluding carboxylic acids is 1. The van der Waals surface area contributed by atoms with Crippen molar-refractivity contribution in [1.29, 1.82) is 0 Å². The van der Waals surface area contributed by atoms with Gasteiger partial charge in [-0.05, 0) is 36.1 Å². The summed E-state index contributed by atoms with van der Waals surface area (Å²) in [6.45, 7) is 1.91. The molecule has 6 heteroatoms. The zero-order chi connectivity index (χ0) is 19.1. The fourth-order valence-electron chi connectivity index (χ4n) is 3.06. The number of hydrogen-bond donors (Lipinski definition) is 2. The first-order chi connectivity index (χ1) is 13.1. The number of carboxylic acids is 1. The molecule has 0 saturated carbocycles. The van der Waals surface area contributed by atoms with E-state index in [1.807, 2.05) is 54.6 Å². The van der Waals surface area contributed by atoms with Gasteiger partial charge in [0.15, 0.2) is 0 Å². The first-order valence-electron chi connectivity index (χ1n) is 9.13. The minimum Gasteiger partial charge on any atom is -0.489 e. The van der Waals surface area contributed by atoms with Crippen LogP contribution in [0.25, 0.3) is 0 Å². The van der Waals surface area contributed by atoms with Crippen LogP contribution in [-0.2, 0) is 17.9 Å². The number of rotatable bonds is 6. The number of aliphatic carboxylic acids is 1. The lowest BCUT2D eigenvalue weighted by molar-refractivity contribution is -0.143. The van der Waals surface area contributed by atoms with E-state index in [4.69, 9.17) is 9.84 Å². The third-order valence-corrected chi connectivity index (χ3v) is 4.75. The maximum Gasteiger partial charge on any atom is 0.317 e. The summed E-state index contributed by atoms with van der Waals surface area (Å²) in [5.41, 5.74) is 2.09. The van der Waals surface area contributed by atoms with Crippen LogP contribution in [0.3, 0.4) is 0 Å². The van der Waals surface area contributed by atoms with E-state index in [2.05, 4.69) is 5.32 Å². The van der Waals surface area contributed by atoms with Gasteiger partial charge < -0.3 is 20.1 Å². The lowest BCUT2D eigenvalue weighted by atomic mass is 9.97. The molecule has 0 unspecified atom stereocenters. The Balaban J connectivity index is 1.42. The van der Waals surface area contributed by atoms with Crippen LogP contribution >= 0.6 is 0 Å². The predicted octanol–water partition coefficient (Wildman–Crippen LogP) is 3.27. The van der Waals surface area contributed by atoms with Gasteiger partial charge in [-0.25, -0.2) is 4.79 Å². The smallest absolute Gasteiger partial charge is 0.317 e. The number of urea groups is 1. The molecule has 0 aliphatic carbocycles. The summed E-state index contributed by atoms with van der Waals surface area (Å²) >= 11 is 0. The second-order valence-corrected chi connectivity index (χ2v) is 6.68. The number of nitrogens with one attached hydrogen (secondary N) is 1. The summed E-state index contributed by atoms with van der Waals surface area (Å²) in [7, 11) is 0. The van der Waals surface area contributed by atoms with E-state index in [0.717, 1.165) is 16.9 Å². The third kappa shape index (κ3) is 5.48. The van der Waals surface area contributed by atoms with Crippen molar-refractivity contribution in [3.8, 4) is 5.75 Å². The highest BCUT2D eigenvalue weighted by atomic mass is 16.5. The Kier molecular flexibility index (Phi) is 6.30. The molecule has 1 aliphatic rings.